The van der Waals surface area contributed by atoms with Crippen molar-refractivity contribution in [2.75, 3.05) is 19.8 Å². The van der Waals surface area contributed by atoms with Crippen molar-refractivity contribution in [3.63, 3.8) is 0 Å². The topological polar surface area (TPSA) is 43.2 Å². The van der Waals surface area contributed by atoms with Crippen molar-refractivity contribution in [2.24, 2.45) is 13.0 Å². The molecule has 0 unspecified atom stereocenters. The highest BCUT2D eigenvalue weighted by Gasteiger charge is 2.30. The molecule has 0 amide bonds. The van der Waals surface area contributed by atoms with Gasteiger partial charge in [0, 0.05) is 51.1 Å². The summed E-state index contributed by atoms with van der Waals surface area (Å²) in [5, 5.41) is 0. The van der Waals surface area contributed by atoms with Crippen molar-refractivity contribution >= 4 is 0 Å². The lowest BCUT2D eigenvalue weighted by atomic mass is 9.98. The zero-order chi connectivity index (χ0) is 15.6. The molecule has 0 bridgehead atoms. The first-order valence-corrected chi connectivity index (χ1v) is 8.49. The van der Waals surface area contributed by atoms with Gasteiger partial charge < -0.3 is 9.30 Å². The fraction of sp³-hybridized carbons (Fsp3) is 0.556. The molecule has 2 aromatic heterocycles. The normalized spacial score (nSPS) is 21.3. The molecule has 2 aliphatic rings. The van der Waals surface area contributed by atoms with Gasteiger partial charge in [0.25, 0.3) is 0 Å². The summed E-state index contributed by atoms with van der Waals surface area (Å²) in [6.07, 6.45) is 6.48. The number of aryl methyl sites for hydroxylation is 1. The van der Waals surface area contributed by atoms with Crippen LogP contribution in [0.4, 0.5) is 0 Å². The van der Waals surface area contributed by atoms with Crippen LogP contribution in [0.2, 0.25) is 0 Å². The number of hydrogen-bond acceptors (Lipinski definition) is 4. The Kier molecular flexibility index (Phi) is 4.14. The van der Waals surface area contributed by atoms with Crippen LogP contribution < -0.4 is 0 Å². The minimum atomic E-state index is 0.397. The Morgan fingerprint density at radius 2 is 2.13 bits per heavy atom. The Bertz CT molecular complexity index is 650. The molecular formula is C18H24N4O. The minimum Gasteiger partial charge on any atom is -0.380 e. The SMILES string of the molecule is Cn1cnc2c1[C@@H](COCC1CC1)CN(Cc1ccccn1)C2. The summed E-state index contributed by atoms with van der Waals surface area (Å²) < 4.78 is 8.16. The summed E-state index contributed by atoms with van der Waals surface area (Å²) >= 11 is 0. The monoisotopic (exact) mass is 312 g/mol. The number of ether oxygens (including phenoxy) is 1. The number of fused-ring (bicyclic) bond motifs is 1. The van der Waals surface area contributed by atoms with Gasteiger partial charge >= 0.3 is 0 Å². The van der Waals surface area contributed by atoms with Gasteiger partial charge in [-0.15, -0.1) is 0 Å². The van der Waals surface area contributed by atoms with E-state index in [2.05, 4.69) is 38.6 Å². The lowest BCUT2D eigenvalue weighted by Gasteiger charge is -2.32. The zero-order valence-electron chi connectivity index (χ0n) is 13.7. The van der Waals surface area contributed by atoms with E-state index in [1.165, 1.54) is 24.2 Å². The van der Waals surface area contributed by atoms with Crippen LogP contribution in [0.5, 0.6) is 0 Å². The first kappa shape index (κ1) is 14.8. The average molecular weight is 312 g/mol. The zero-order valence-corrected chi connectivity index (χ0v) is 13.7. The van der Waals surface area contributed by atoms with E-state index in [1.54, 1.807) is 0 Å². The molecule has 1 aliphatic heterocycles. The fourth-order valence-electron chi connectivity index (χ4n) is 3.44. The third-order valence-electron chi connectivity index (χ3n) is 4.78. The molecule has 2 aromatic rings. The summed E-state index contributed by atoms with van der Waals surface area (Å²) in [4.78, 5) is 11.5. The summed E-state index contributed by atoms with van der Waals surface area (Å²) in [6, 6.07) is 6.10. The molecule has 0 spiro atoms. The predicted molar refractivity (Wildman–Crippen MR) is 87.8 cm³/mol. The number of rotatable bonds is 6. The standard InChI is InChI=1S/C18H24N4O/c1-21-13-20-17-10-22(9-16-4-2-3-7-19-16)8-15(18(17)21)12-23-11-14-5-6-14/h2-4,7,13-15H,5-6,8-12H2,1H3/t15-/m1/s1. The molecule has 0 N–H and O–H groups in total. The molecule has 5 heteroatoms. The molecule has 3 heterocycles. The number of hydrogen-bond donors (Lipinski definition) is 0. The molecule has 23 heavy (non-hydrogen) atoms. The number of nitrogens with zero attached hydrogens (tertiary/aromatic N) is 4. The van der Waals surface area contributed by atoms with E-state index in [9.17, 15) is 0 Å². The Labute approximate surface area is 137 Å². The van der Waals surface area contributed by atoms with Crippen molar-refractivity contribution < 1.29 is 4.74 Å². The van der Waals surface area contributed by atoms with Crippen molar-refractivity contribution in [1.29, 1.82) is 0 Å². The van der Waals surface area contributed by atoms with E-state index in [4.69, 9.17) is 4.74 Å². The van der Waals surface area contributed by atoms with Gasteiger partial charge in [-0.25, -0.2) is 4.98 Å². The van der Waals surface area contributed by atoms with Crippen LogP contribution in [0.25, 0.3) is 0 Å². The van der Waals surface area contributed by atoms with Crippen LogP contribution in [0.3, 0.4) is 0 Å². The van der Waals surface area contributed by atoms with Crippen LogP contribution in [0.1, 0.15) is 35.8 Å². The van der Waals surface area contributed by atoms with Crippen LogP contribution >= 0.6 is 0 Å². The smallest absolute Gasteiger partial charge is 0.0949 e. The van der Waals surface area contributed by atoms with Crippen LogP contribution in [0, 0.1) is 5.92 Å². The van der Waals surface area contributed by atoms with Gasteiger partial charge in [-0.3, -0.25) is 9.88 Å². The third kappa shape index (κ3) is 3.46. The van der Waals surface area contributed by atoms with Gasteiger partial charge in [-0.05, 0) is 30.9 Å². The lowest BCUT2D eigenvalue weighted by Crippen LogP contribution is -2.36. The maximum atomic E-state index is 5.99. The molecule has 5 nitrogen and oxygen atoms in total. The molecule has 1 saturated carbocycles. The molecular weight excluding hydrogens is 288 g/mol. The van der Waals surface area contributed by atoms with Crippen molar-refractivity contribution in [2.45, 2.75) is 31.8 Å². The second-order valence-electron chi connectivity index (χ2n) is 6.86. The van der Waals surface area contributed by atoms with Crippen LogP contribution in [-0.2, 0) is 24.9 Å². The second-order valence-corrected chi connectivity index (χ2v) is 6.86. The lowest BCUT2D eigenvalue weighted by molar-refractivity contribution is 0.0865. The van der Waals surface area contributed by atoms with Gasteiger partial charge in [0.2, 0.25) is 0 Å². The summed E-state index contributed by atoms with van der Waals surface area (Å²) in [5.74, 6) is 1.21. The highest BCUT2D eigenvalue weighted by atomic mass is 16.5. The first-order chi connectivity index (χ1) is 11.3. The predicted octanol–water partition coefficient (Wildman–Crippen LogP) is 2.34. The summed E-state index contributed by atoms with van der Waals surface area (Å²) in [5.41, 5.74) is 3.65. The van der Waals surface area contributed by atoms with Gasteiger partial charge in [-0.2, -0.15) is 0 Å². The molecule has 1 aliphatic carbocycles. The highest BCUT2D eigenvalue weighted by Crippen LogP contribution is 2.31. The van der Waals surface area contributed by atoms with Crippen LogP contribution in [0.15, 0.2) is 30.7 Å². The number of aromatic nitrogens is 3. The van der Waals surface area contributed by atoms with E-state index in [0.717, 1.165) is 44.5 Å². The Morgan fingerprint density at radius 3 is 2.91 bits per heavy atom. The minimum absolute atomic E-state index is 0.397. The quantitative estimate of drug-likeness (QED) is 0.821. The van der Waals surface area contributed by atoms with Crippen molar-refractivity contribution in [1.82, 2.24) is 19.4 Å². The Balaban J connectivity index is 1.46. The third-order valence-corrected chi connectivity index (χ3v) is 4.78. The van der Waals surface area contributed by atoms with E-state index in [1.807, 2.05) is 18.6 Å². The van der Waals surface area contributed by atoms with Crippen molar-refractivity contribution in [3.05, 3.63) is 47.8 Å². The first-order valence-electron chi connectivity index (χ1n) is 8.49. The maximum absolute atomic E-state index is 5.99. The molecule has 0 aromatic carbocycles. The van der Waals surface area contributed by atoms with E-state index in [0.29, 0.717) is 5.92 Å². The summed E-state index contributed by atoms with van der Waals surface area (Å²) in [6.45, 7) is 4.49. The van der Waals surface area contributed by atoms with E-state index < -0.39 is 0 Å². The highest BCUT2D eigenvalue weighted by molar-refractivity contribution is 5.22. The Hall–Kier alpha value is -1.72. The van der Waals surface area contributed by atoms with E-state index >= 15 is 0 Å². The largest absolute Gasteiger partial charge is 0.380 e. The number of pyridine rings is 1. The van der Waals surface area contributed by atoms with Gasteiger partial charge in [0.05, 0.1) is 24.3 Å². The maximum Gasteiger partial charge on any atom is 0.0949 e. The van der Waals surface area contributed by atoms with Crippen LogP contribution in [-0.4, -0.2) is 39.2 Å². The molecule has 122 valence electrons. The van der Waals surface area contributed by atoms with E-state index in [-0.39, 0.29) is 0 Å². The van der Waals surface area contributed by atoms with Crippen molar-refractivity contribution in [3.8, 4) is 0 Å². The van der Waals surface area contributed by atoms with Gasteiger partial charge in [0.15, 0.2) is 0 Å². The average Bonchev–Trinajstić information content (AvgIpc) is 3.31. The second kappa shape index (κ2) is 6.42. The van der Waals surface area contributed by atoms with Gasteiger partial charge in [0.1, 0.15) is 0 Å². The molecule has 1 fully saturated rings. The number of imidazole rings is 1. The summed E-state index contributed by atoms with van der Waals surface area (Å²) in [7, 11) is 2.09. The molecule has 0 radical (unpaired) electrons. The molecule has 0 saturated heterocycles. The fourth-order valence-corrected chi connectivity index (χ4v) is 3.44. The Morgan fingerprint density at radius 1 is 1.22 bits per heavy atom. The van der Waals surface area contributed by atoms with Gasteiger partial charge in [-0.1, -0.05) is 6.07 Å². The molecule has 4 rings (SSSR count). The molecule has 1 atom stereocenters.